The van der Waals surface area contributed by atoms with E-state index in [9.17, 15) is 24.3 Å². The maximum atomic E-state index is 13.4. The smallest absolute Gasteiger partial charge is 0.326 e. The molecule has 4 unspecified atom stereocenters. The number of rotatable bonds is 15. The van der Waals surface area contributed by atoms with Crippen LogP contribution in [-0.4, -0.2) is 70.0 Å². The summed E-state index contributed by atoms with van der Waals surface area (Å²) in [4.78, 5) is 54.3. The molecule has 0 aliphatic rings. The number of para-hydroxylation sites is 1. The van der Waals surface area contributed by atoms with Crippen molar-refractivity contribution >= 4 is 46.4 Å². The van der Waals surface area contributed by atoms with Crippen LogP contribution in [0, 0.1) is 11.8 Å². The minimum Gasteiger partial charge on any atom is -0.480 e. The van der Waals surface area contributed by atoms with Gasteiger partial charge in [0.25, 0.3) is 0 Å². The zero-order chi connectivity index (χ0) is 28.4. The van der Waals surface area contributed by atoms with Crippen molar-refractivity contribution in [2.75, 3.05) is 12.0 Å². The Morgan fingerprint density at radius 2 is 1.61 bits per heavy atom. The van der Waals surface area contributed by atoms with Gasteiger partial charge >= 0.3 is 5.97 Å². The van der Waals surface area contributed by atoms with Gasteiger partial charge in [0.15, 0.2) is 0 Å². The van der Waals surface area contributed by atoms with Crippen molar-refractivity contribution in [2.24, 2.45) is 17.6 Å². The second-order valence-electron chi connectivity index (χ2n) is 10.3. The van der Waals surface area contributed by atoms with Crippen molar-refractivity contribution in [2.45, 2.75) is 71.1 Å². The van der Waals surface area contributed by atoms with Crippen LogP contribution in [0.4, 0.5) is 0 Å². The van der Waals surface area contributed by atoms with Crippen LogP contribution in [0.5, 0.6) is 0 Å². The van der Waals surface area contributed by atoms with E-state index in [4.69, 9.17) is 5.73 Å². The van der Waals surface area contributed by atoms with Gasteiger partial charge in [0.1, 0.15) is 18.1 Å². The number of thioether (sulfide) groups is 1. The van der Waals surface area contributed by atoms with Gasteiger partial charge in [-0.1, -0.05) is 45.9 Å². The Bertz CT molecular complexity index is 1100. The number of H-pyrrole nitrogens is 1. The van der Waals surface area contributed by atoms with Crippen molar-refractivity contribution < 1.29 is 24.3 Å². The third-order valence-electron chi connectivity index (χ3n) is 6.27. The topological polar surface area (TPSA) is 166 Å². The number of fused-ring (bicyclic) bond motifs is 1. The van der Waals surface area contributed by atoms with Gasteiger partial charge in [-0.25, -0.2) is 4.79 Å². The Morgan fingerprint density at radius 1 is 0.974 bits per heavy atom. The molecule has 210 valence electrons. The fourth-order valence-electron chi connectivity index (χ4n) is 4.17. The molecule has 0 bridgehead atoms. The monoisotopic (exact) mass is 547 g/mol. The van der Waals surface area contributed by atoms with Gasteiger partial charge in [-0.2, -0.15) is 11.8 Å². The third-order valence-corrected chi connectivity index (χ3v) is 6.91. The Morgan fingerprint density at radius 3 is 2.21 bits per heavy atom. The first-order valence-corrected chi connectivity index (χ1v) is 14.3. The van der Waals surface area contributed by atoms with E-state index in [0.29, 0.717) is 18.6 Å². The highest BCUT2D eigenvalue weighted by molar-refractivity contribution is 7.98. The fraction of sp³-hybridized carbons (Fsp3) is 0.556. The van der Waals surface area contributed by atoms with Crippen LogP contribution in [0.2, 0.25) is 0 Å². The lowest BCUT2D eigenvalue weighted by Gasteiger charge is -2.26. The Kier molecular flexibility index (Phi) is 12.1. The van der Waals surface area contributed by atoms with Crippen LogP contribution in [0.15, 0.2) is 30.5 Å². The molecule has 4 atom stereocenters. The number of carboxylic acids is 1. The van der Waals surface area contributed by atoms with Gasteiger partial charge in [0, 0.05) is 23.5 Å². The highest BCUT2D eigenvalue weighted by atomic mass is 32.2. The number of aromatic amines is 1. The van der Waals surface area contributed by atoms with Crippen LogP contribution in [0.25, 0.3) is 10.9 Å². The molecule has 2 rings (SSSR count). The number of hydrogen-bond donors (Lipinski definition) is 6. The Balaban J connectivity index is 2.30. The van der Waals surface area contributed by atoms with Crippen molar-refractivity contribution in [1.82, 2.24) is 20.9 Å². The van der Waals surface area contributed by atoms with Crippen molar-refractivity contribution in [1.29, 1.82) is 0 Å². The van der Waals surface area contributed by atoms with Crippen molar-refractivity contribution in [3.05, 3.63) is 36.0 Å². The quantitative estimate of drug-likeness (QED) is 0.198. The second-order valence-corrected chi connectivity index (χ2v) is 11.3. The van der Waals surface area contributed by atoms with E-state index >= 15 is 0 Å². The molecular formula is C27H41N5O5S. The van der Waals surface area contributed by atoms with Crippen LogP contribution in [0.1, 0.15) is 46.1 Å². The molecule has 0 aliphatic heterocycles. The van der Waals surface area contributed by atoms with E-state index in [1.165, 1.54) is 11.8 Å². The number of hydrogen-bond acceptors (Lipinski definition) is 6. The number of carbonyl (C=O) groups excluding carboxylic acids is 3. The minimum atomic E-state index is -1.16. The molecule has 38 heavy (non-hydrogen) atoms. The summed E-state index contributed by atoms with van der Waals surface area (Å²) >= 11 is 1.53. The van der Waals surface area contributed by atoms with E-state index in [2.05, 4.69) is 20.9 Å². The summed E-state index contributed by atoms with van der Waals surface area (Å²) in [7, 11) is 0. The van der Waals surface area contributed by atoms with Gasteiger partial charge in [-0.05, 0) is 48.3 Å². The number of benzene rings is 1. The molecule has 10 nitrogen and oxygen atoms in total. The van der Waals surface area contributed by atoms with Crippen LogP contribution >= 0.6 is 11.8 Å². The predicted octanol–water partition coefficient (Wildman–Crippen LogP) is 2.03. The summed E-state index contributed by atoms with van der Waals surface area (Å²) in [5.41, 5.74) is 7.70. The highest BCUT2D eigenvalue weighted by Crippen LogP contribution is 2.19. The molecule has 1 heterocycles. The van der Waals surface area contributed by atoms with Crippen LogP contribution in [-0.2, 0) is 25.6 Å². The average Bonchev–Trinajstić information content (AvgIpc) is 3.26. The number of amides is 3. The summed E-state index contributed by atoms with van der Waals surface area (Å²) < 4.78 is 0. The maximum absolute atomic E-state index is 13.4. The molecule has 0 fully saturated rings. The van der Waals surface area contributed by atoms with Gasteiger partial charge in [0.2, 0.25) is 17.7 Å². The lowest BCUT2D eigenvalue weighted by molar-refractivity contribution is -0.143. The van der Waals surface area contributed by atoms with Gasteiger partial charge < -0.3 is 31.8 Å². The summed E-state index contributed by atoms with van der Waals surface area (Å²) in [5.74, 6) is -2.28. The minimum absolute atomic E-state index is 0.127. The molecule has 7 N–H and O–H groups in total. The lowest BCUT2D eigenvalue weighted by atomic mass is 10.0. The van der Waals surface area contributed by atoms with Gasteiger partial charge in [0.05, 0.1) is 6.04 Å². The van der Waals surface area contributed by atoms with E-state index < -0.39 is 47.9 Å². The van der Waals surface area contributed by atoms with Gasteiger partial charge in [-0.3, -0.25) is 14.4 Å². The molecule has 0 saturated carbocycles. The molecular weight excluding hydrogens is 506 g/mol. The number of nitrogens with one attached hydrogen (secondary N) is 4. The molecule has 0 spiro atoms. The molecule has 3 amide bonds. The zero-order valence-electron chi connectivity index (χ0n) is 22.7. The molecule has 1 aromatic carbocycles. The number of aromatic nitrogens is 1. The normalized spacial score (nSPS) is 14.6. The van der Waals surface area contributed by atoms with Crippen LogP contribution in [0.3, 0.4) is 0 Å². The molecule has 0 radical (unpaired) electrons. The van der Waals surface area contributed by atoms with Crippen molar-refractivity contribution in [3.8, 4) is 0 Å². The largest absolute Gasteiger partial charge is 0.480 e. The predicted molar refractivity (Wildman–Crippen MR) is 151 cm³/mol. The summed E-state index contributed by atoms with van der Waals surface area (Å²) in [6.45, 7) is 7.31. The zero-order valence-corrected chi connectivity index (χ0v) is 23.6. The molecule has 0 aliphatic carbocycles. The van der Waals surface area contributed by atoms with Crippen molar-refractivity contribution in [3.63, 3.8) is 0 Å². The summed E-state index contributed by atoms with van der Waals surface area (Å²) in [5, 5.41) is 18.6. The number of carboxylic acid groups (broad SMARTS) is 1. The number of aliphatic carboxylic acids is 1. The van der Waals surface area contributed by atoms with E-state index in [-0.39, 0.29) is 18.3 Å². The Labute approximate surface area is 228 Å². The third kappa shape index (κ3) is 9.05. The van der Waals surface area contributed by atoms with E-state index in [1.807, 2.05) is 44.4 Å². The molecule has 11 heteroatoms. The first-order chi connectivity index (χ1) is 17.9. The van der Waals surface area contributed by atoms with E-state index in [0.717, 1.165) is 16.5 Å². The average molecular weight is 548 g/mol. The standard InChI is InChI=1S/C27H41N5O5S/c1-15(2)12-19(28)24(33)30-21(10-11-38-5)25(34)31-22(26(35)32-23(16(3)4)27(36)37)13-17-14-29-20-9-7-6-8-18(17)20/h6-9,14-16,19,21-23,29H,10-13,28H2,1-5H3,(H,30,33)(H,31,34)(H,32,35)(H,36,37). The summed E-state index contributed by atoms with van der Waals surface area (Å²) in [6.07, 6.45) is 4.61. The number of carbonyl (C=O) groups is 4. The Hall–Kier alpha value is -3.05. The molecule has 2 aromatic rings. The van der Waals surface area contributed by atoms with Crippen LogP contribution < -0.4 is 21.7 Å². The SMILES string of the molecule is CSCCC(NC(=O)C(N)CC(C)C)C(=O)NC(Cc1c[nH]c2ccccc12)C(=O)NC(C(=O)O)C(C)C. The molecule has 0 saturated heterocycles. The van der Waals surface area contributed by atoms with Gasteiger partial charge in [-0.15, -0.1) is 0 Å². The first kappa shape index (κ1) is 31.2. The first-order valence-electron chi connectivity index (χ1n) is 12.9. The maximum Gasteiger partial charge on any atom is 0.326 e. The number of nitrogens with two attached hydrogens (primary N) is 1. The highest BCUT2D eigenvalue weighted by Gasteiger charge is 2.32. The lowest BCUT2D eigenvalue weighted by Crippen LogP contribution is -2.58. The second kappa shape index (κ2) is 14.8. The fourth-order valence-corrected chi connectivity index (χ4v) is 4.64. The molecule has 1 aromatic heterocycles. The summed E-state index contributed by atoms with van der Waals surface area (Å²) in [6, 6.07) is 3.73. The van der Waals surface area contributed by atoms with E-state index in [1.54, 1.807) is 20.0 Å².